The Bertz CT molecular complexity index is 759. The molecule has 0 saturated carbocycles. The van der Waals surface area contributed by atoms with E-state index in [0.29, 0.717) is 30.1 Å². The van der Waals surface area contributed by atoms with Crippen LogP contribution in [0.5, 0.6) is 0 Å². The van der Waals surface area contributed by atoms with Crippen LogP contribution in [-0.4, -0.2) is 35.9 Å². The highest BCUT2D eigenvalue weighted by Crippen LogP contribution is 2.23. The zero-order chi connectivity index (χ0) is 15.6. The second-order valence-electron chi connectivity index (χ2n) is 4.83. The van der Waals surface area contributed by atoms with Gasteiger partial charge < -0.3 is 4.57 Å². The lowest BCUT2D eigenvalue weighted by atomic mass is 10.3. The van der Waals surface area contributed by atoms with Gasteiger partial charge in [0.25, 0.3) is 0 Å². The van der Waals surface area contributed by atoms with E-state index in [9.17, 15) is 17.2 Å². The molecule has 0 atom stereocenters. The summed E-state index contributed by atoms with van der Waals surface area (Å²) in [6.45, 7) is 0.246. The lowest BCUT2D eigenvalue weighted by Crippen LogP contribution is -2.11. The van der Waals surface area contributed by atoms with Crippen LogP contribution in [0.1, 0.15) is 12.2 Å². The predicted molar refractivity (Wildman–Crippen MR) is 78.4 cm³/mol. The first-order valence-corrected chi connectivity index (χ1v) is 9.00. The van der Waals surface area contributed by atoms with E-state index in [2.05, 4.69) is 4.98 Å². The Morgan fingerprint density at radius 2 is 2.05 bits per heavy atom. The Morgan fingerprint density at radius 3 is 2.67 bits per heavy atom. The minimum Gasteiger partial charge on any atom is -0.325 e. The average Bonchev–Trinajstić information content (AvgIpc) is 2.72. The summed E-state index contributed by atoms with van der Waals surface area (Å²) in [5.41, 5.74) is 0.400. The van der Waals surface area contributed by atoms with E-state index in [0.717, 1.165) is 12.3 Å². The molecular weight excluding hydrogens is 322 g/mol. The van der Waals surface area contributed by atoms with E-state index in [4.69, 9.17) is 11.6 Å². The van der Waals surface area contributed by atoms with Crippen molar-refractivity contribution in [1.82, 2.24) is 9.55 Å². The lowest BCUT2D eigenvalue weighted by Gasteiger charge is -2.08. The quantitative estimate of drug-likeness (QED) is 0.762. The normalized spacial score (nSPS) is 12.2. The second kappa shape index (κ2) is 6.27. The number of aryl methyl sites for hydroxylation is 2. The maximum Gasteiger partial charge on any atom is 0.184 e. The van der Waals surface area contributed by atoms with Crippen LogP contribution in [0.15, 0.2) is 12.1 Å². The molecule has 2 aromatic rings. The van der Waals surface area contributed by atoms with Gasteiger partial charge in [-0.1, -0.05) is 0 Å². The molecule has 0 amide bonds. The third-order valence-corrected chi connectivity index (χ3v) is 4.31. The molecule has 0 N–H and O–H groups in total. The number of hydrogen-bond acceptors (Lipinski definition) is 3. The minimum absolute atomic E-state index is 0.0239. The van der Waals surface area contributed by atoms with Crippen LogP contribution in [0.3, 0.4) is 0 Å². The monoisotopic (exact) mass is 336 g/mol. The highest BCUT2D eigenvalue weighted by molar-refractivity contribution is 7.90. The van der Waals surface area contributed by atoms with Crippen LogP contribution in [0.2, 0.25) is 0 Å². The van der Waals surface area contributed by atoms with Crippen molar-refractivity contribution >= 4 is 32.5 Å². The Balaban J connectivity index is 2.42. The number of nitrogens with zero attached hydrogens (tertiary/aromatic N) is 2. The maximum absolute atomic E-state index is 14.0. The first-order valence-electron chi connectivity index (χ1n) is 6.40. The van der Waals surface area contributed by atoms with Crippen LogP contribution in [0.4, 0.5) is 8.78 Å². The van der Waals surface area contributed by atoms with Gasteiger partial charge in [-0.15, -0.1) is 11.6 Å². The van der Waals surface area contributed by atoms with E-state index in [1.807, 2.05) is 0 Å². The van der Waals surface area contributed by atoms with Crippen molar-refractivity contribution in [3.8, 4) is 0 Å². The molecule has 0 bridgehead atoms. The van der Waals surface area contributed by atoms with Crippen molar-refractivity contribution in [1.29, 1.82) is 0 Å². The molecule has 2 rings (SSSR count). The number of benzene rings is 1. The molecule has 0 aliphatic carbocycles. The van der Waals surface area contributed by atoms with Gasteiger partial charge in [0, 0.05) is 25.1 Å². The number of hydrogen-bond donors (Lipinski definition) is 0. The number of fused-ring (bicyclic) bond motifs is 1. The fourth-order valence-corrected chi connectivity index (χ4v) is 3.03. The molecule has 1 aromatic carbocycles. The summed E-state index contributed by atoms with van der Waals surface area (Å²) in [4.78, 5) is 4.24. The van der Waals surface area contributed by atoms with E-state index >= 15 is 0 Å². The molecule has 4 nitrogen and oxygen atoms in total. The van der Waals surface area contributed by atoms with Crippen LogP contribution in [0.25, 0.3) is 11.0 Å². The molecule has 0 aliphatic heterocycles. The molecule has 1 aromatic heterocycles. The van der Waals surface area contributed by atoms with E-state index < -0.39 is 21.5 Å². The molecule has 0 saturated heterocycles. The summed E-state index contributed by atoms with van der Waals surface area (Å²) in [7, 11) is -3.10. The van der Waals surface area contributed by atoms with Crippen molar-refractivity contribution in [2.24, 2.45) is 0 Å². The molecule has 0 unspecified atom stereocenters. The van der Waals surface area contributed by atoms with E-state index in [-0.39, 0.29) is 17.8 Å². The molecule has 116 valence electrons. The highest BCUT2D eigenvalue weighted by Gasteiger charge is 2.17. The average molecular weight is 337 g/mol. The molecule has 0 radical (unpaired) electrons. The van der Waals surface area contributed by atoms with Crippen molar-refractivity contribution in [2.45, 2.75) is 19.4 Å². The van der Waals surface area contributed by atoms with Crippen LogP contribution in [-0.2, 0) is 22.8 Å². The molecular formula is C13H15ClF2N2O2S. The van der Waals surface area contributed by atoms with Crippen molar-refractivity contribution in [3.05, 3.63) is 29.6 Å². The van der Waals surface area contributed by atoms with Crippen molar-refractivity contribution in [2.75, 3.05) is 17.9 Å². The Hall–Kier alpha value is -1.21. The molecule has 0 aliphatic rings. The summed E-state index contributed by atoms with van der Waals surface area (Å²) < 4.78 is 51.2. The van der Waals surface area contributed by atoms with Gasteiger partial charge in [0.05, 0.1) is 11.3 Å². The van der Waals surface area contributed by atoms with Gasteiger partial charge in [-0.25, -0.2) is 22.2 Å². The van der Waals surface area contributed by atoms with E-state index in [1.54, 1.807) is 0 Å². The Labute approximate surface area is 126 Å². The van der Waals surface area contributed by atoms with Crippen LogP contribution in [0, 0.1) is 11.6 Å². The molecule has 1 heterocycles. The fraction of sp³-hybridized carbons (Fsp3) is 0.462. The summed E-state index contributed by atoms with van der Waals surface area (Å²) in [6.07, 6.45) is 1.84. The maximum atomic E-state index is 14.0. The third-order valence-electron chi connectivity index (χ3n) is 3.09. The largest absolute Gasteiger partial charge is 0.325 e. The number of aromatic nitrogens is 2. The Morgan fingerprint density at radius 1 is 1.33 bits per heavy atom. The van der Waals surface area contributed by atoms with Gasteiger partial charge in [-0.2, -0.15) is 0 Å². The van der Waals surface area contributed by atoms with E-state index in [1.165, 1.54) is 10.6 Å². The Kier molecular flexibility index (Phi) is 4.83. The first-order chi connectivity index (χ1) is 9.83. The van der Waals surface area contributed by atoms with Gasteiger partial charge in [0.15, 0.2) is 11.6 Å². The second-order valence-corrected chi connectivity index (χ2v) is 7.47. The van der Waals surface area contributed by atoms with Crippen molar-refractivity contribution < 1.29 is 17.2 Å². The topological polar surface area (TPSA) is 52.0 Å². The minimum atomic E-state index is -3.10. The van der Waals surface area contributed by atoms with Gasteiger partial charge in [-0.05, 0) is 18.6 Å². The number of sulfone groups is 1. The van der Waals surface area contributed by atoms with Gasteiger partial charge >= 0.3 is 0 Å². The van der Waals surface area contributed by atoms with Crippen molar-refractivity contribution in [3.63, 3.8) is 0 Å². The summed E-state index contributed by atoms with van der Waals surface area (Å²) in [5, 5.41) is 0. The van der Waals surface area contributed by atoms with Crippen LogP contribution < -0.4 is 0 Å². The number of rotatable bonds is 6. The summed E-state index contributed by atoms with van der Waals surface area (Å²) in [6, 6.07) is 2.43. The summed E-state index contributed by atoms with van der Waals surface area (Å²) in [5.74, 6) is -1.13. The smallest absolute Gasteiger partial charge is 0.184 e. The number of alkyl halides is 1. The standard InChI is InChI=1S/C13H15ClF2N2O2S/c1-21(19,20)8-2-7-18-11(5-6-14)17-10-4-3-9(15)12(16)13(10)18/h3-4H,2,5-8H2,1H3. The molecule has 0 fully saturated rings. The summed E-state index contributed by atoms with van der Waals surface area (Å²) >= 11 is 5.70. The SMILES string of the molecule is CS(=O)(=O)CCCn1c(CCCl)nc2ccc(F)c(F)c21. The zero-order valence-electron chi connectivity index (χ0n) is 11.4. The van der Waals surface area contributed by atoms with Gasteiger partial charge in [0.2, 0.25) is 0 Å². The van der Waals surface area contributed by atoms with Gasteiger partial charge in [-0.3, -0.25) is 0 Å². The number of imidazole rings is 1. The molecule has 21 heavy (non-hydrogen) atoms. The van der Waals surface area contributed by atoms with Gasteiger partial charge in [0.1, 0.15) is 21.2 Å². The first kappa shape index (κ1) is 16.2. The number of halogens is 3. The predicted octanol–water partition coefficient (Wildman–Crippen LogP) is 2.53. The lowest BCUT2D eigenvalue weighted by molar-refractivity contribution is 0.509. The molecule has 8 heteroatoms. The third kappa shape index (κ3) is 3.71. The molecule has 0 spiro atoms. The zero-order valence-corrected chi connectivity index (χ0v) is 13.0. The van der Waals surface area contributed by atoms with Crippen LogP contribution >= 0.6 is 11.6 Å². The fourth-order valence-electron chi connectivity index (χ4n) is 2.21. The highest BCUT2D eigenvalue weighted by atomic mass is 35.5.